The Morgan fingerprint density at radius 3 is 2.00 bits per heavy atom. The summed E-state index contributed by atoms with van der Waals surface area (Å²) in [5, 5.41) is 0. The average Bonchev–Trinajstić information content (AvgIpc) is 2.01. The lowest BCUT2D eigenvalue weighted by atomic mass is 9.91. The molecule has 0 radical (unpaired) electrons. The average molecular weight is 197 g/mol. The number of amides is 1. The van der Waals surface area contributed by atoms with Crippen molar-refractivity contribution in [3.8, 4) is 0 Å². The topological polar surface area (TPSA) is 43.1 Å². The highest BCUT2D eigenvalue weighted by atomic mass is 16.1. The van der Waals surface area contributed by atoms with E-state index in [1.54, 1.807) is 0 Å². The number of rotatable bonds is 6. The van der Waals surface area contributed by atoms with Crippen molar-refractivity contribution in [2.24, 2.45) is 23.5 Å². The van der Waals surface area contributed by atoms with Crippen LogP contribution in [0.5, 0.6) is 0 Å². The first kappa shape index (κ1) is 13.2. The summed E-state index contributed by atoms with van der Waals surface area (Å²) in [6, 6.07) is 0. The van der Waals surface area contributed by atoms with Crippen molar-refractivity contribution in [3.63, 3.8) is 0 Å². The third-order valence-electron chi connectivity index (χ3n) is 2.33. The van der Waals surface area contributed by atoms with E-state index >= 15 is 0 Å². The number of carbonyl (C=O) groups excluding carboxylic acids is 1. The molecule has 1 atom stereocenters. The maximum Gasteiger partial charge on any atom is 0.221 e. The van der Waals surface area contributed by atoms with Gasteiger partial charge in [-0.05, 0) is 24.7 Å². The number of hydrogen-bond acceptors (Lipinski definition) is 1. The summed E-state index contributed by atoms with van der Waals surface area (Å²) in [6.07, 6.45) is 6.07. The molecule has 0 heterocycles. The van der Waals surface area contributed by atoms with Crippen molar-refractivity contribution >= 4 is 5.91 Å². The fraction of sp³-hybridized carbons (Fsp3) is 0.750. The Morgan fingerprint density at radius 2 is 1.64 bits per heavy atom. The number of nitrogens with two attached hydrogens (primary N) is 1. The maximum atomic E-state index is 11.1. The molecule has 0 fully saturated rings. The molecule has 0 unspecified atom stereocenters. The second-order valence-corrected chi connectivity index (χ2v) is 4.59. The fourth-order valence-electron chi connectivity index (χ4n) is 1.33. The zero-order valence-corrected chi connectivity index (χ0v) is 9.79. The number of carbonyl (C=O) groups is 1. The van der Waals surface area contributed by atoms with Gasteiger partial charge in [0.1, 0.15) is 0 Å². The van der Waals surface area contributed by atoms with Crippen LogP contribution < -0.4 is 5.73 Å². The predicted molar refractivity (Wildman–Crippen MR) is 60.7 cm³/mol. The lowest BCUT2D eigenvalue weighted by Gasteiger charge is -2.14. The van der Waals surface area contributed by atoms with Crippen molar-refractivity contribution in [1.29, 1.82) is 0 Å². The molecule has 2 nitrogen and oxygen atoms in total. The van der Waals surface area contributed by atoms with Gasteiger partial charge >= 0.3 is 0 Å². The lowest BCUT2D eigenvalue weighted by Crippen LogP contribution is -2.26. The third-order valence-corrected chi connectivity index (χ3v) is 2.33. The van der Waals surface area contributed by atoms with E-state index in [-0.39, 0.29) is 11.8 Å². The fourth-order valence-corrected chi connectivity index (χ4v) is 1.33. The normalized spacial score (nSPS) is 14.1. The van der Waals surface area contributed by atoms with Gasteiger partial charge in [0.05, 0.1) is 0 Å². The molecule has 2 N–H and O–H groups in total. The minimum absolute atomic E-state index is 0.0154. The molecule has 1 amide bonds. The Bertz CT molecular complexity index is 194. The van der Waals surface area contributed by atoms with E-state index in [0.29, 0.717) is 11.8 Å². The molecule has 0 aromatic heterocycles. The van der Waals surface area contributed by atoms with Crippen molar-refractivity contribution in [1.82, 2.24) is 0 Å². The Morgan fingerprint density at radius 1 is 1.14 bits per heavy atom. The molecule has 0 aromatic rings. The van der Waals surface area contributed by atoms with Gasteiger partial charge in [0.25, 0.3) is 0 Å². The van der Waals surface area contributed by atoms with Gasteiger partial charge in [-0.1, -0.05) is 39.8 Å². The Balaban J connectivity index is 3.94. The number of allylic oxidation sites excluding steroid dienone is 2. The van der Waals surface area contributed by atoms with E-state index in [0.717, 1.165) is 12.8 Å². The van der Waals surface area contributed by atoms with Gasteiger partial charge in [0.2, 0.25) is 5.91 Å². The molecular weight excluding hydrogens is 174 g/mol. The molecule has 82 valence electrons. The van der Waals surface area contributed by atoms with Crippen LogP contribution in [0.4, 0.5) is 0 Å². The largest absolute Gasteiger partial charge is 0.369 e. The summed E-state index contributed by atoms with van der Waals surface area (Å²) in [4.78, 5) is 11.1. The van der Waals surface area contributed by atoms with E-state index in [4.69, 9.17) is 5.73 Å². The van der Waals surface area contributed by atoms with Gasteiger partial charge in [-0.15, -0.1) is 0 Å². The summed E-state index contributed by atoms with van der Waals surface area (Å²) in [5.41, 5.74) is 5.31. The monoisotopic (exact) mass is 197 g/mol. The molecule has 0 saturated carbocycles. The van der Waals surface area contributed by atoms with Crippen LogP contribution in [0.3, 0.4) is 0 Å². The van der Waals surface area contributed by atoms with Crippen LogP contribution in [0.15, 0.2) is 12.2 Å². The molecule has 2 heteroatoms. The molecule has 0 saturated heterocycles. The molecule has 0 bridgehead atoms. The molecule has 0 rings (SSSR count). The van der Waals surface area contributed by atoms with Gasteiger partial charge in [-0.2, -0.15) is 0 Å². The first-order valence-electron chi connectivity index (χ1n) is 5.39. The van der Waals surface area contributed by atoms with E-state index in [9.17, 15) is 4.79 Å². The first-order valence-corrected chi connectivity index (χ1v) is 5.39. The highest BCUT2D eigenvalue weighted by Gasteiger charge is 2.17. The van der Waals surface area contributed by atoms with Gasteiger partial charge in [0, 0.05) is 5.92 Å². The first-order chi connectivity index (χ1) is 6.45. The summed E-state index contributed by atoms with van der Waals surface area (Å²) < 4.78 is 0. The lowest BCUT2D eigenvalue weighted by molar-refractivity contribution is -0.122. The molecule has 0 aliphatic heterocycles. The summed E-state index contributed by atoms with van der Waals surface area (Å²) in [5.74, 6) is 0.807. The smallest absolute Gasteiger partial charge is 0.221 e. The van der Waals surface area contributed by atoms with Gasteiger partial charge in [-0.25, -0.2) is 0 Å². The highest BCUT2D eigenvalue weighted by Crippen LogP contribution is 2.15. The van der Waals surface area contributed by atoms with Crippen LogP contribution in [0, 0.1) is 17.8 Å². The van der Waals surface area contributed by atoms with E-state index < -0.39 is 0 Å². The van der Waals surface area contributed by atoms with Crippen LogP contribution in [0.2, 0.25) is 0 Å². The zero-order valence-electron chi connectivity index (χ0n) is 9.79. The second-order valence-electron chi connectivity index (χ2n) is 4.59. The number of primary amides is 1. The SMILES string of the molecule is CC(C)C/C=C/C[C@@H](C(N)=O)C(C)C. The number of hydrogen-bond donors (Lipinski definition) is 1. The minimum Gasteiger partial charge on any atom is -0.369 e. The summed E-state index contributed by atoms with van der Waals surface area (Å²) in [7, 11) is 0. The molecule has 14 heavy (non-hydrogen) atoms. The van der Waals surface area contributed by atoms with Gasteiger partial charge < -0.3 is 5.73 Å². The van der Waals surface area contributed by atoms with Crippen molar-refractivity contribution < 1.29 is 4.79 Å². The Hall–Kier alpha value is -0.790. The second kappa shape index (κ2) is 6.63. The minimum atomic E-state index is -0.186. The van der Waals surface area contributed by atoms with Crippen molar-refractivity contribution in [2.75, 3.05) is 0 Å². The van der Waals surface area contributed by atoms with E-state index in [1.165, 1.54) is 0 Å². The van der Waals surface area contributed by atoms with Gasteiger partial charge in [0.15, 0.2) is 0 Å². The standard InChI is InChI=1S/C12H23NO/c1-9(2)7-5-6-8-11(10(3)4)12(13)14/h5-6,9-11H,7-8H2,1-4H3,(H2,13,14)/b6-5+/t11-/m1/s1. The molecule has 0 spiro atoms. The maximum absolute atomic E-state index is 11.1. The van der Waals surface area contributed by atoms with Gasteiger partial charge in [-0.3, -0.25) is 4.79 Å². The Kier molecular flexibility index (Phi) is 6.26. The van der Waals surface area contributed by atoms with Crippen LogP contribution in [0.1, 0.15) is 40.5 Å². The quantitative estimate of drug-likeness (QED) is 0.654. The molecule has 0 aromatic carbocycles. The van der Waals surface area contributed by atoms with Crippen LogP contribution in [-0.4, -0.2) is 5.91 Å². The molecule has 0 aliphatic rings. The van der Waals surface area contributed by atoms with E-state index in [2.05, 4.69) is 26.0 Å². The highest BCUT2D eigenvalue weighted by molar-refractivity contribution is 5.77. The summed E-state index contributed by atoms with van der Waals surface area (Å²) >= 11 is 0. The zero-order chi connectivity index (χ0) is 11.1. The predicted octanol–water partition coefficient (Wildman–Crippen LogP) is 2.74. The van der Waals surface area contributed by atoms with Crippen LogP contribution in [0.25, 0.3) is 0 Å². The van der Waals surface area contributed by atoms with Crippen LogP contribution in [-0.2, 0) is 4.79 Å². The van der Waals surface area contributed by atoms with Crippen molar-refractivity contribution in [3.05, 3.63) is 12.2 Å². The van der Waals surface area contributed by atoms with Crippen LogP contribution >= 0.6 is 0 Å². The third kappa shape index (κ3) is 5.79. The summed E-state index contributed by atoms with van der Waals surface area (Å²) in [6.45, 7) is 8.42. The molecular formula is C12H23NO. The molecule has 0 aliphatic carbocycles. The van der Waals surface area contributed by atoms with E-state index in [1.807, 2.05) is 13.8 Å². The van der Waals surface area contributed by atoms with Crippen molar-refractivity contribution in [2.45, 2.75) is 40.5 Å². The Labute approximate surface area is 87.6 Å².